The lowest BCUT2D eigenvalue weighted by atomic mass is 9.69. The molecule has 4 nitrogen and oxygen atoms in total. The first-order chi connectivity index (χ1) is 8.23. The van der Waals surface area contributed by atoms with Crippen LogP contribution in [-0.2, 0) is 16.4 Å². The molecular weight excluding hydrogens is 229 g/mol. The lowest BCUT2D eigenvalue weighted by molar-refractivity contribution is -0.0937. The molecule has 1 fully saturated rings. The van der Waals surface area contributed by atoms with Crippen molar-refractivity contribution in [3.63, 3.8) is 0 Å². The summed E-state index contributed by atoms with van der Waals surface area (Å²) in [6, 6.07) is 3.30. The molecule has 0 saturated carbocycles. The number of hydrogen-bond donors (Lipinski definition) is 0. The van der Waals surface area contributed by atoms with Crippen molar-refractivity contribution in [1.29, 1.82) is 0 Å². The van der Waals surface area contributed by atoms with Crippen molar-refractivity contribution in [2.45, 2.75) is 33.3 Å². The van der Waals surface area contributed by atoms with E-state index in [0.717, 1.165) is 5.46 Å². The van der Waals surface area contributed by atoms with Crippen LogP contribution in [0.4, 0.5) is 0 Å². The maximum absolute atomic E-state index is 11.4. The Hall–Kier alpha value is -1.07. The van der Waals surface area contributed by atoms with E-state index in [1.54, 1.807) is 19.3 Å². The summed E-state index contributed by atoms with van der Waals surface area (Å²) in [5.74, 6) is 0. The molecule has 18 heavy (non-hydrogen) atoms. The van der Waals surface area contributed by atoms with Crippen LogP contribution in [0.15, 0.2) is 23.1 Å². The van der Waals surface area contributed by atoms with Gasteiger partial charge in [0.1, 0.15) is 0 Å². The van der Waals surface area contributed by atoms with E-state index in [1.807, 2.05) is 0 Å². The second kappa shape index (κ2) is 4.25. The molecule has 0 unspecified atom stereocenters. The second-order valence-corrected chi connectivity index (χ2v) is 6.07. The average molecular weight is 249 g/mol. The Kier molecular flexibility index (Phi) is 3.15. The van der Waals surface area contributed by atoms with Crippen LogP contribution in [0.5, 0.6) is 0 Å². The molecular formula is C13H20BNO3. The van der Waals surface area contributed by atoms with E-state index in [9.17, 15) is 4.79 Å². The third-order valence-corrected chi connectivity index (χ3v) is 4.01. The number of rotatable bonds is 1. The Morgan fingerprint density at radius 3 is 2.50 bits per heavy atom. The normalized spacial score (nSPS) is 21.9. The largest absolute Gasteiger partial charge is 0.495 e. The van der Waals surface area contributed by atoms with E-state index in [-0.39, 0.29) is 16.6 Å². The number of pyridine rings is 1. The van der Waals surface area contributed by atoms with Gasteiger partial charge in [-0.2, -0.15) is 0 Å². The van der Waals surface area contributed by atoms with Gasteiger partial charge in [-0.1, -0.05) is 19.9 Å². The van der Waals surface area contributed by atoms with Crippen molar-refractivity contribution < 1.29 is 9.31 Å². The monoisotopic (exact) mass is 249 g/mol. The van der Waals surface area contributed by atoms with Crippen molar-refractivity contribution in [1.82, 2.24) is 4.57 Å². The van der Waals surface area contributed by atoms with Gasteiger partial charge in [-0.05, 0) is 19.3 Å². The summed E-state index contributed by atoms with van der Waals surface area (Å²) in [6.07, 6.45) is 1.77. The fourth-order valence-electron chi connectivity index (χ4n) is 1.84. The molecule has 0 aliphatic carbocycles. The van der Waals surface area contributed by atoms with E-state index >= 15 is 0 Å². The van der Waals surface area contributed by atoms with E-state index in [4.69, 9.17) is 9.31 Å². The Balaban J connectivity index is 2.26. The van der Waals surface area contributed by atoms with Gasteiger partial charge in [0.15, 0.2) is 0 Å². The molecule has 2 heterocycles. The Morgan fingerprint density at radius 1 is 1.28 bits per heavy atom. The van der Waals surface area contributed by atoms with Crippen LogP contribution in [0, 0.1) is 5.41 Å². The first-order valence-electron chi connectivity index (χ1n) is 6.19. The summed E-state index contributed by atoms with van der Waals surface area (Å²) in [4.78, 5) is 11.4. The van der Waals surface area contributed by atoms with Crippen molar-refractivity contribution in [2.75, 3.05) is 6.61 Å². The SMILES string of the molecule is Cn1cc(B2OCC(C)(C)C(C)(C)O2)ccc1=O. The summed E-state index contributed by atoms with van der Waals surface area (Å²) in [7, 11) is 1.32. The van der Waals surface area contributed by atoms with Crippen LogP contribution in [-0.4, -0.2) is 23.9 Å². The van der Waals surface area contributed by atoms with E-state index in [2.05, 4.69) is 27.7 Å². The van der Waals surface area contributed by atoms with Crippen LogP contribution < -0.4 is 11.0 Å². The lowest BCUT2D eigenvalue weighted by Gasteiger charge is -2.47. The molecule has 1 aromatic rings. The third-order valence-electron chi connectivity index (χ3n) is 4.01. The molecule has 0 N–H and O–H groups in total. The highest BCUT2D eigenvalue weighted by Crippen LogP contribution is 2.37. The number of aryl methyl sites for hydroxylation is 1. The molecule has 0 radical (unpaired) electrons. The smallest absolute Gasteiger partial charge is 0.407 e. The summed E-state index contributed by atoms with van der Waals surface area (Å²) in [6.45, 7) is 9.04. The highest BCUT2D eigenvalue weighted by atomic mass is 16.6. The molecule has 1 aliphatic heterocycles. The van der Waals surface area contributed by atoms with Crippen LogP contribution in [0.3, 0.4) is 0 Å². The minimum atomic E-state index is -0.403. The van der Waals surface area contributed by atoms with Crippen LogP contribution in [0.2, 0.25) is 0 Å². The summed E-state index contributed by atoms with van der Waals surface area (Å²) < 4.78 is 13.3. The van der Waals surface area contributed by atoms with Gasteiger partial charge in [-0.15, -0.1) is 0 Å². The van der Waals surface area contributed by atoms with Crippen LogP contribution in [0.25, 0.3) is 0 Å². The molecule has 5 heteroatoms. The highest BCUT2D eigenvalue weighted by Gasteiger charge is 2.46. The third kappa shape index (κ3) is 2.25. The molecule has 1 saturated heterocycles. The van der Waals surface area contributed by atoms with E-state index in [0.29, 0.717) is 6.61 Å². The molecule has 2 rings (SSSR count). The Labute approximate surface area is 108 Å². The molecule has 1 aromatic heterocycles. The quantitative estimate of drug-likeness (QED) is 0.695. The van der Waals surface area contributed by atoms with Gasteiger partial charge in [-0.3, -0.25) is 4.79 Å². The van der Waals surface area contributed by atoms with Gasteiger partial charge in [0.25, 0.3) is 0 Å². The maximum Gasteiger partial charge on any atom is 0.495 e. The summed E-state index contributed by atoms with van der Waals surface area (Å²) >= 11 is 0. The van der Waals surface area contributed by atoms with E-state index in [1.165, 1.54) is 10.6 Å². The van der Waals surface area contributed by atoms with Crippen molar-refractivity contribution in [3.05, 3.63) is 28.7 Å². The zero-order valence-corrected chi connectivity index (χ0v) is 11.7. The van der Waals surface area contributed by atoms with Gasteiger partial charge in [-0.25, -0.2) is 0 Å². The Morgan fingerprint density at radius 2 is 1.94 bits per heavy atom. The van der Waals surface area contributed by atoms with Crippen LogP contribution in [0.1, 0.15) is 27.7 Å². The first-order valence-corrected chi connectivity index (χ1v) is 6.19. The number of aromatic nitrogens is 1. The maximum atomic E-state index is 11.4. The molecule has 98 valence electrons. The minimum absolute atomic E-state index is 0.0332. The van der Waals surface area contributed by atoms with Gasteiger partial charge in [0, 0.05) is 31.3 Å². The van der Waals surface area contributed by atoms with Crippen molar-refractivity contribution in [2.24, 2.45) is 12.5 Å². The fraction of sp³-hybridized carbons (Fsp3) is 0.615. The predicted octanol–water partition coefficient (Wildman–Crippen LogP) is 0.932. The molecule has 0 aromatic carbocycles. The topological polar surface area (TPSA) is 40.5 Å². The standard InChI is InChI=1S/C13H20BNO3/c1-12(2)9-17-14(18-13(12,3)4)10-6-7-11(16)15(5)8-10/h6-8H,9H2,1-5H3. The van der Waals surface area contributed by atoms with Crippen LogP contribution >= 0.6 is 0 Å². The number of hydrogen-bond acceptors (Lipinski definition) is 3. The van der Waals surface area contributed by atoms with E-state index < -0.39 is 7.12 Å². The highest BCUT2D eigenvalue weighted by molar-refractivity contribution is 6.61. The average Bonchev–Trinajstić information content (AvgIpc) is 2.26. The summed E-state index contributed by atoms with van der Waals surface area (Å²) in [5, 5.41) is 0. The van der Waals surface area contributed by atoms with Gasteiger partial charge >= 0.3 is 7.12 Å². The molecule has 1 aliphatic rings. The van der Waals surface area contributed by atoms with Gasteiger partial charge < -0.3 is 13.9 Å². The lowest BCUT2D eigenvalue weighted by Crippen LogP contribution is -2.58. The van der Waals surface area contributed by atoms with Gasteiger partial charge in [0.2, 0.25) is 5.56 Å². The zero-order chi connectivity index (χ0) is 13.6. The molecule has 0 atom stereocenters. The Bertz CT molecular complexity index is 507. The van der Waals surface area contributed by atoms with Gasteiger partial charge in [0.05, 0.1) is 5.60 Å². The molecule has 0 bridgehead atoms. The predicted molar refractivity (Wildman–Crippen MR) is 72.0 cm³/mol. The minimum Gasteiger partial charge on any atom is -0.407 e. The zero-order valence-electron chi connectivity index (χ0n) is 11.7. The van der Waals surface area contributed by atoms with Crippen molar-refractivity contribution in [3.8, 4) is 0 Å². The second-order valence-electron chi connectivity index (χ2n) is 6.07. The fourth-order valence-corrected chi connectivity index (χ4v) is 1.84. The first kappa shape index (κ1) is 13.4. The molecule has 0 spiro atoms. The molecule has 0 amide bonds. The summed E-state index contributed by atoms with van der Waals surface area (Å²) in [5.41, 5.74) is 0.532. The van der Waals surface area contributed by atoms with Crippen molar-refractivity contribution >= 4 is 12.6 Å². The number of nitrogens with zero attached hydrogens (tertiary/aromatic N) is 1.